The number of nitro groups is 1. The lowest BCUT2D eigenvalue weighted by atomic mass is 10.00. The lowest BCUT2D eigenvalue weighted by Crippen LogP contribution is -2.48. The van der Waals surface area contributed by atoms with E-state index in [4.69, 9.17) is 0 Å². The zero-order valence-electron chi connectivity index (χ0n) is 14.5. The van der Waals surface area contributed by atoms with E-state index in [2.05, 4.69) is 16.0 Å². The minimum Gasteiger partial charge on any atom is -0.379 e. The molecule has 148 valence electrons. The van der Waals surface area contributed by atoms with Gasteiger partial charge in [0.1, 0.15) is 5.69 Å². The van der Waals surface area contributed by atoms with E-state index in [1.165, 1.54) is 0 Å². The predicted octanol–water partition coefficient (Wildman–Crippen LogP) is 2.81. The molecule has 2 fully saturated rings. The maximum Gasteiger partial charge on any atom is 0.416 e. The third-order valence-electron chi connectivity index (χ3n) is 5.03. The molecule has 27 heavy (non-hydrogen) atoms. The lowest BCUT2D eigenvalue weighted by Gasteiger charge is -2.29. The molecule has 1 aromatic rings. The summed E-state index contributed by atoms with van der Waals surface area (Å²) in [7, 11) is 0. The van der Waals surface area contributed by atoms with Crippen LogP contribution in [0, 0.1) is 10.1 Å². The van der Waals surface area contributed by atoms with Crippen molar-refractivity contribution >= 4 is 17.3 Å². The highest BCUT2D eigenvalue weighted by Gasteiger charge is 2.34. The number of benzene rings is 1. The number of carbonyl (C=O) groups is 1. The normalized spacial score (nSPS) is 24.5. The van der Waals surface area contributed by atoms with E-state index in [0.717, 1.165) is 37.8 Å². The number of nitro benzene ring substituents is 1. The molecule has 0 radical (unpaired) electrons. The van der Waals surface area contributed by atoms with Crippen LogP contribution < -0.4 is 16.0 Å². The van der Waals surface area contributed by atoms with Crippen molar-refractivity contribution in [2.24, 2.45) is 0 Å². The van der Waals surface area contributed by atoms with Gasteiger partial charge in [-0.25, -0.2) is 0 Å². The van der Waals surface area contributed by atoms with Crippen molar-refractivity contribution in [1.82, 2.24) is 10.6 Å². The minimum absolute atomic E-state index is 0.0410. The number of alkyl halides is 3. The predicted molar refractivity (Wildman–Crippen MR) is 92.3 cm³/mol. The number of hydrogen-bond acceptors (Lipinski definition) is 5. The first kappa shape index (κ1) is 19.4. The molecule has 3 rings (SSSR count). The number of rotatable bonds is 6. The summed E-state index contributed by atoms with van der Waals surface area (Å²) >= 11 is 0. The van der Waals surface area contributed by atoms with E-state index in [0.29, 0.717) is 18.2 Å². The molecule has 1 amide bonds. The van der Waals surface area contributed by atoms with E-state index in [9.17, 15) is 28.1 Å². The van der Waals surface area contributed by atoms with Crippen molar-refractivity contribution in [3.8, 4) is 0 Å². The van der Waals surface area contributed by atoms with Crippen molar-refractivity contribution < 1.29 is 22.9 Å². The Hall–Kier alpha value is -2.36. The van der Waals surface area contributed by atoms with Gasteiger partial charge in [0.2, 0.25) is 5.91 Å². The Morgan fingerprint density at radius 2 is 1.93 bits per heavy atom. The summed E-state index contributed by atoms with van der Waals surface area (Å²) in [4.78, 5) is 22.3. The highest BCUT2D eigenvalue weighted by molar-refractivity contribution is 5.77. The minimum atomic E-state index is -4.66. The number of nitrogens with zero attached hydrogens (tertiary/aromatic N) is 1. The van der Waals surface area contributed by atoms with E-state index in [-0.39, 0.29) is 30.6 Å². The Morgan fingerprint density at radius 1 is 1.26 bits per heavy atom. The summed E-state index contributed by atoms with van der Waals surface area (Å²) in [6.45, 7) is 0.0931. The van der Waals surface area contributed by atoms with E-state index in [1.54, 1.807) is 0 Å². The highest BCUT2D eigenvalue weighted by atomic mass is 19.4. The molecule has 0 aliphatic carbocycles. The Labute approximate surface area is 153 Å². The van der Waals surface area contributed by atoms with Crippen molar-refractivity contribution in [2.75, 3.05) is 11.9 Å². The maximum absolute atomic E-state index is 12.7. The topological polar surface area (TPSA) is 96.3 Å². The van der Waals surface area contributed by atoms with Crippen molar-refractivity contribution in [3.63, 3.8) is 0 Å². The summed E-state index contributed by atoms with van der Waals surface area (Å²) in [6, 6.07) is 3.30. The number of amides is 1. The Kier molecular flexibility index (Phi) is 5.54. The van der Waals surface area contributed by atoms with Gasteiger partial charge in [0.25, 0.3) is 5.69 Å². The Balaban J connectivity index is 1.52. The van der Waals surface area contributed by atoms with Gasteiger partial charge in [0, 0.05) is 37.2 Å². The van der Waals surface area contributed by atoms with Crippen molar-refractivity contribution in [3.05, 3.63) is 33.9 Å². The molecule has 0 spiro atoms. The molecule has 10 heteroatoms. The zero-order chi connectivity index (χ0) is 19.6. The zero-order valence-corrected chi connectivity index (χ0v) is 14.5. The molecule has 0 saturated carbocycles. The summed E-state index contributed by atoms with van der Waals surface area (Å²) < 4.78 is 38.1. The van der Waals surface area contributed by atoms with Crippen LogP contribution in [-0.2, 0) is 11.0 Å². The number of fused-ring (bicyclic) bond motifs is 2. The van der Waals surface area contributed by atoms with E-state index >= 15 is 0 Å². The summed E-state index contributed by atoms with van der Waals surface area (Å²) in [6.07, 6.45) is -0.554. The van der Waals surface area contributed by atoms with Crippen LogP contribution in [0.3, 0.4) is 0 Å². The molecule has 7 nitrogen and oxygen atoms in total. The third kappa shape index (κ3) is 4.88. The van der Waals surface area contributed by atoms with Crippen molar-refractivity contribution in [2.45, 2.75) is 56.4 Å². The summed E-state index contributed by atoms with van der Waals surface area (Å²) in [5.74, 6) is -0.177. The quantitative estimate of drug-likeness (QED) is 0.516. The fourth-order valence-corrected chi connectivity index (χ4v) is 3.79. The van der Waals surface area contributed by atoms with Crippen LogP contribution >= 0.6 is 0 Å². The van der Waals surface area contributed by atoms with Gasteiger partial charge in [-0.05, 0) is 37.8 Å². The number of nitrogens with one attached hydrogen (secondary N) is 3. The van der Waals surface area contributed by atoms with Crippen LogP contribution in [0.5, 0.6) is 0 Å². The molecule has 2 saturated heterocycles. The average Bonchev–Trinajstić information content (AvgIpc) is 2.92. The van der Waals surface area contributed by atoms with Gasteiger partial charge in [0.15, 0.2) is 0 Å². The SMILES string of the molecule is O=C(CCNc1ccc(C(F)(F)F)cc1[N+](=O)[O-])NC1CC2CCC(C1)N2. The van der Waals surface area contributed by atoms with Gasteiger partial charge in [-0.2, -0.15) is 13.2 Å². The molecule has 2 unspecified atom stereocenters. The smallest absolute Gasteiger partial charge is 0.379 e. The Bertz CT molecular complexity index is 714. The van der Waals surface area contributed by atoms with Crippen LogP contribution in [-0.4, -0.2) is 35.5 Å². The number of anilines is 1. The maximum atomic E-state index is 12.7. The monoisotopic (exact) mass is 386 g/mol. The molecular formula is C17H21F3N4O3. The summed E-state index contributed by atoms with van der Waals surface area (Å²) in [5.41, 5.74) is -1.79. The summed E-state index contributed by atoms with van der Waals surface area (Å²) in [5, 5.41) is 20.2. The van der Waals surface area contributed by atoms with Gasteiger partial charge >= 0.3 is 6.18 Å². The van der Waals surface area contributed by atoms with Crippen LogP contribution in [0.25, 0.3) is 0 Å². The van der Waals surface area contributed by atoms with Crippen LogP contribution in [0.4, 0.5) is 24.5 Å². The van der Waals surface area contributed by atoms with Gasteiger partial charge in [-0.3, -0.25) is 14.9 Å². The van der Waals surface area contributed by atoms with Crippen LogP contribution in [0.2, 0.25) is 0 Å². The van der Waals surface area contributed by atoms with Gasteiger partial charge in [-0.15, -0.1) is 0 Å². The fourth-order valence-electron chi connectivity index (χ4n) is 3.79. The van der Waals surface area contributed by atoms with Crippen molar-refractivity contribution in [1.29, 1.82) is 0 Å². The van der Waals surface area contributed by atoms with E-state index in [1.807, 2.05) is 0 Å². The highest BCUT2D eigenvalue weighted by Crippen LogP contribution is 2.35. The molecule has 2 atom stereocenters. The third-order valence-corrected chi connectivity index (χ3v) is 5.03. The second-order valence-electron chi connectivity index (χ2n) is 7.04. The van der Waals surface area contributed by atoms with E-state index < -0.39 is 22.4 Å². The first-order valence-electron chi connectivity index (χ1n) is 8.87. The molecule has 2 bridgehead atoms. The molecule has 1 aromatic carbocycles. The van der Waals surface area contributed by atoms with Crippen LogP contribution in [0.15, 0.2) is 18.2 Å². The second-order valence-corrected chi connectivity index (χ2v) is 7.04. The first-order valence-corrected chi connectivity index (χ1v) is 8.87. The lowest BCUT2D eigenvalue weighted by molar-refractivity contribution is -0.384. The molecular weight excluding hydrogens is 365 g/mol. The largest absolute Gasteiger partial charge is 0.416 e. The van der Waals surface area contributed by atoms with Gasteiger partial charge < -0.3 is 16.0 Å². The average molecular weight is 386 g/mol. The Morgan fingerprint density at radius 3 is 2.52 bits per heavy atom. The number of piperidine rings is 1. The van der Waals surface area contributed by atoms with Gasteiger partial charge in [0.05, 0.1) is 10.5 Å². The second kappa shape index (κ2) is 7.71. The number of halogens is 3. The molecule has 0 aromatic heterocycles. The fraction of sp³-hybridized carbons (Fsp3) is 0.588. The first-order chi connectivity index (χ1) is 12.7. The number of carbonyl (C=O) groups excluding carboxylic acids is 1. The molecule has 3 N–H and O–H groups in total. The molecule has 2 heterocycles. The molecule has 2 aliphatic heterocycles. The standard InChI is InChI=1S/C17H21F3N4O3/c18-17(19,20)10-1-4-14(15(7-10)24(26)27)21-6-5-16(25)23-13-8-11-2-3-12(9-13)22-11/h1,4,7,11-13,21-22H,2-3,5-6,8-9H2,(H,23,25). The van der Waals surface area contributed by atoms with Crippen LogP contribution in [0.1, 0.15) is 37.7 Å². The number of hydrogen-bond donors (Lipinski definition) is 3. The van der Waals surface area contributed by atoms with Gasteiger partial charge in [-0.1, -0.05) is 0 Å². The molecule has 2 aliphatic rings.